The van der Waals surface area contributed by atoms with E-state index in [2.05, 4.69) is 38.9 Å². The van der Waals surface area contributed by atoms with Crippen molar-refractivity contribution in [1.29, 1.82) is 0 Å². The third-order valence-corrected chi connectivity index (χ3v) is 6.84. The molecule has 0 bridgehead atoms. The number of guanidine groups is 1. The average Bonchev–Trinajstić information content (AvgIpc) is 2.80. The van der Waals surface area contributed by atoms with Crippen LogP contribution in [0.4, 0.5) is 0 Å². The zero-order valence-corrected chi connectivity index (χ0v) is 22.4. The number of likely N-dealkylation sites (N-methyl/N-ethyl adjacent to an activating group) is 1. The van der Waals surface area contributed by atoms with Crippen molar-refractivity contribution in [2.24, 2.45) is 10.9 Å². The van der Waals surface area contributed by atoms with Crippen molar-refractivity contribution in [2.45, 2.75) is 58.2 Å². The summed E-state index contributed by atoms with van der Waals surface area (Å²) in [4.78, 5) is 12.1. The Morgan fingerprint density at radius 3 is 2.39 bits per heavy atom. The van der Waals surface area contributed by atoms with E-state index in [1.807, 2.05) is 7.05 Å². The molecular formula is C23H46IN5O2. The van der Waals surface area contributed by atoms with Crippen LogP contribution in [0, 0.1) is 5.92 Å². The third kappa shape index (κ3) is 9.31. The van der Waals surface area contributed by atoms with E-state index in [0.29, 0.717) is 18.1 Å². The Hall–Kier alpha value is -0.160. The zero-order valence-electron chi connectivity index (χ0n) is 20.1. The number of hydrogen-bond acceptors (Lipinski definition) is 5. The molecule has 0 spiro atoms. The van der Waals surface area contributed by atoms with E-state index in [0.717, 1.165) is 58.1 Å². The van der Waals surface area contributed by atoms with Gasteiger partial charge >= 0.3 is 0 Å². The lowest BCUT2D eigenvalue weighted by Crippen LogP contribution is -2.50. The maximum absolute atomic E-state index is 6.16. The van der Waals surface area contributed by atoms with Gasteiger partial charge in [-0.05, 0) is 44.6 Å². The van der Waals surface area contributed by atoms with Crippen LogP contribution >= 0.6 is 24.0 Å². The molecule has 31 heavy (non-hydrogen) atoms. The normalized spacial score (nSPS) is 25.8. The molecule has 0 aromatic rings. The first-order chi connectivity index (χ1) is 14.7. The molecule has 3 aliphatic rings. The summed E-state index contributed by atoms with van der Waals surface area (Å²) in [5, 5.41) is 3.62. The second-order valence-corrected chi connectivity index (χ2v) is 9.28. The van der Waals surface area contributed by atoms with E-state index in [4.69, 9.17) is 9.47 Å². The molecule has 7 nitrogen and oxygen atoms in total. The highest BCUT2D eigenvalue weighted by Gasteiger charge is 2.24. The fourth-order valence-electron chi connectivity index (χ4n) is 4.81. The largest absolute Gasteiger partial charge is 0.376 e. The number of likely N-dealkylation sites (tertiary alicyclic amines) is 1. The Labute approximate surface area is 207 Å². The fraction of sp³-hybridized carbons (Fsp3) is 0.957. The summed E-state index contributed by atoms with van der Waals surface area (Å²) >= 11 is 0. The maximum Gasteiger partial charge on any atom is 0.193 e. The van der Waals surface area contributed by atoms with E-state index in [1.165, 1.54) is 52.1 Å². The van der Waals surface area contributed by atoms with Crippen molar-refractivity contribution in [3.8, 4) is 0 Å². The Morgan fingerprint density at radius 1 is 1.06 bits per heavy atom. The molecule has 1 N–H and O–H groups in total. The van der Waals surface area contributed by atoms with Gasteiger partial charge in [-0.15, -0.1) is 24.0 Å². The van der Waals surface area contributed by atoms with Crippen LogP contribution < -0.4 is 5.32 Å². The Morgan fingerprint density at radius 2 is 1.77 bits per heavy atom. The molecule has 3 aliphatic heterocycles. The highest BCUT2D eigenvalue weighted by molar-refractivity contribution is 14.0. The monoisotopic (exact) mass is 551 g/mol. The van der Waals surface area contributed by atoms with Crippen molar-refractivity contribution in [3.63, 3.8) is 0 Å². The van der Waals surface area contributed by atoms with Gasteiger partial charge in [-0.1, -0.05) is 13.8 Å². The van der Waals surface area contributed by atoms with E-state index in [1.54, 1.807) is 0 Å². The second-order valence-electron chi connectivity index (χ2n) is 9.28. The molecule has 2 atom stereocenters. The lowest BCUT2D eigenvalue weighted by molar-refractivity contribution is -0.0721. The number of rotatable bonds is 8. The fourth-order valence-corrected chi connectivity index (χ4v) is 4.81. The number of halogens is 1. The molecule has 0 radical (unpaired) electrons. The van der Waals surface area contributed by atoms with Gasteiger partial charge in [0.2, 0.25) is 0 Å². The van der Waals surface area contributed by atoms with Crippen LogP contribution in [-0.4, -0.2) is 112 Å². The van der Waals surface area contributed by atoms with Gasteiger partial charge in [0.15, 0.2) is 5.96 Å². The molecule has 3 rings (SSSR count). The van der Waals surface area contributed by atoms with Gasteiger partial charge in [0.05, 0.1) is 18.8 Å². The number of nitrogens with zero attached hydrogens (tertiary/aromatic N) is 4. The van der Waals surface area contributed by atoms with Crippen molar-refractivity contribution >= 4 is 29.9 Å². The molecule has 2 unspecified atom stereocenters. The van der Waals surface area contributed by atoms with Gasteiger partial charge in [-0.25, -0.2) is 0 Å². The molecular weight excluding hydrogens is 505 g/mol. The van der Waals surface area contributed by atoms with Crippen LogP contribution in [0.3, 0.4) is 0 Å². The summed E-state index contributed by atoms with van der Waals surface area (Å²) in [6.45, 7) is 16.5. The van der Waals surface area contributed by atoms with E-state index >= 15 is 0 Å². The number of ether oxygens (including phenoxy) is 2. The quantitative estimate of drug-likeness (QED) is 0.284. The summed E-state index contributed by atoms with van der Waals surface area (Å²) in [6, 6.07) is 0. The van der Waals surface area contributed by atoms with Gasteiger partial charge in [-0.3, -0.25) is 4.99 Å². The molecule has 3 saturated heterocycles. The summed E-state index contributed by atoms with van der Waals surface area (Å²) in [6.07, 6.45) is 6.47. The standard InChI is InChI=1S/C23H45N5O2.HI/c1-4-26-12-14-27(15-13-26)18-20(2)17-25-23(24-3)28-10-8-21(9-11-28)30-19-22-7-5-6-16-29-22;/h20-22H,4-19H2,1-3H3,(H,24,25);1H. The number of piperazine rings is 1. The minimum Gasteiger partial charge on any atom is -0.376 e. The molecule has 0 amide bonds. The SMILES string of the molecule is CCN1CCN(CC(C)CNC(=NC)N2CCC(OCC3CCCCO3)CC2)CC1.I. The van der Waals surface area contributed by atoms with Crippen LogP contribution in [0.2, 0.25) is 0 Å². The van der Waals surface area contributed by atoms with Crippen LogP contribution in [0.5, 0.6) is 0 Å². The molecule has 0 saturated carbocycles. The zero-order chi connectivity index (χ0) is 21.2. The van der Waals surface area contributed by atoms with Crippen molar-refractivity contribution in [1.82, 2.24) is 20.0 Å². The Balaban J connectivity index is 0.00000341. The highest BCUT2D eigenvalue weighted by atomic mass is 127. The number of nitrogens with one attached hydrogen (secondary N) is 1. The number of aliphatic imine (C=N–C) groups is 1. The van der Waals surface area contributed by atoms with E-state index in [-0.39, 0.29) is 24.0 Å². The first-order valence-electron chi connectivity index (χ1n) is 12.3. The maximum atomic E-state index is 6.16. The third-order valence-electron chi connectivity index (χ3n) is 6.84. The summed E-state index contributed by atoms with van der Waals surface area (Å²) in [7, 11) is 1.90. The molecule has 3 heterocycles. The topological polar surface area (TPSA) is 52.6 Å². The molecule has 182 valence electrons. The molecule has 0 aliphatic carbocycles. The smallest absolute Gasteiger partial charge is 0.193 e. The van der Waals surface area contributed by atoms with E-state index in [9.17, 15) is 0 Å². The highest BCUT2D eigenvalue weighted by Crippen LogP contribution is 2.18. The molecule has 0 aromatic carbocycles. The van der Waals surface area contributed by atoms with Crippen LogP contribution in [-0.2, 0) is 9.47 Å². The van der Waals surface area contributed by atoms with Gasteiger partial charge in [0.1, 0.15) is 0 Å². The van der Waals surface area contributed by atoms with Crippen molar-refractivity contribution in [2.75, 3.05) is 79.2 Å². The number of hydrogen-bond donors (Lipinski definition) is 1. The van der Waals surface area contributed by atoms with Gasteiger partial charge in [-0.2, -0.15) is 0 Å². The molecule has 3 fully saturated rings. The Kier molecular flexibility index (Phi) is 13.0. The lowest BCUT2D eigenvalue weighted by Gasteiger charge is -2.36. The molecule has 8 heteroatoms. The first-order valence-corrected chi connectivity index (χ1v) is 12.3. The van der Waals surface area contributed by atoms with Gasteiger partial charge < -0.3 is 29.5 Å². The van der Waals surface area contributed by atoms with Crippen LogP contribution in [0.25, 0.3) is 0 Å². The predicted octanol–water partition coefficient (Wildman–Crippen LogP) is 2.50. The average molecular weight is 552 g/mol. The minimum atomic E-state index is 0. The van der Waals surface area contributed by atoms with Gasteiger partial charge in [0.25, 0.3) is 0 Å². The summed E-state index contributed by atoms with van der Waals surface area (Å²) < 4.78 is 12.0. The van der Waals surface area contributed by atoms with Crippen molar-refractivity contribution < 1.29 is 9.47 Å². The van der Waals surface area contributed by atoms with Crippen LogP contribution in [0.15, 0.2) is 4.99 Å². The summed E-state index contributed by atoms with van der Waals surface area (Å²) in [5.74, 6) is 1.66. The second kappa shape index (κ2) is 14.9. The lowest BCUT2D eigenvalue weighted by atomic mass is 10.1. The number of piperidine rings is 1. The predicted molar refractivity (Wildman–Crippen MR) is 139 cm³/mol. The van der Waals surface area contributed by atoms with Crippen molar-refractivity contribution in [3.05, 3.63) is 0 Å². The van der Waals surface area contributed by atoms with E-state index < -0.39 is 0 Å². The van der Waals surface area contributed by atoms with Gasteiger partial charge in [0, 0.05) is 66.0 Å². The summed E-state index contributed by atoms with van der Waals surface area (Å²) in [5.41, 5.74) is 0. The minimum absolute atomic E-state index is 0. The Bertz CT molecular complexity index is 502. The van der Waals surface area contributed by atoms with Crippen LogP contribution in [0.1, 0.15) is 46.0 Å². The molecule has 0 aromatic heterocycles. The first kappa shape index (κ1) is 27.1.